The molecule has 0 bridgehead atoms. The monoisotopic (exact) mass is 322 g/mol. The number of imidazole rings is 1. The lowest BCUT2D eigenvalue weighted by Gasteiger charge is -2.08. The molecule has 1 aromatic carbocycles. The number of fused-ring (bicyclic) bond motifs is 1. The topological polar surface area (TPSA) is 90.9 Å². The van der Waals surface area contributed by atoms with E-state index < -0.39 is 5.91 Å². The second kappa shape index (κ2) is 7.06. The number of carbonyl (C=O) groups excluding carboxylic acids is 1. The van der Waals surface area contributed by atoms with Gasteiger partial charge in [-0.3, -0.25) is 15.0 Å². The molecule has 3 aromatic rings. The molecule has 2 heterocycles. The van der Waals surface area contributed by atoms with Gasteiger partial charge in [0.2, 0.25) is 0 Å². The quantitative estimate of drug-likeness (QED) is 0.383. The average Bonchev–Trinajstić information content (AvgIpc) is 3.01. The summed E-state index contributed by atoms with van der Waals surface area (Å²) >= 11 is 0. The molecule has 6 heteroatoms. The van der Waals surface area contributed by atoms with Crippen LogP contribution in [0.5, 0.6) is 0 Å². The Labute approximate surface area is 139 Å². The van der Waals surface area contributed by atoms with Crippen LogP contribution in [0.1, 0.15) is 29.8 Å². The first-order chi connectivity index (χ1) is 11.7. The molecule has 0 aliphatic heterocycles. The van der Waals surface area contributed by atoms with E-state index in [2.05, 4.69) is 27.9 Å². The second-order valence-corrected chi connectivity index (χ2v) is 5.66. The lowest BCUT2D eigenvalue weighted by Crippen LogP contribution is -2.14. The molecule has 6 nitrogen and oxygen atoms in total. The van der Waals surface area contributed by atoms with Gasteiger partial charge in [0.15, 0.2) is 0 Å². The fourth-order valence-electron chi connectivity index (χ4n) is 2.56. The van der Waals surface area contributed by atoms with Gasteiger partial charge in [-0.1, -0.05) is 19.1 Å². The van der Waals surface area contributed by atoms with Crippen LogP contribution in [-0.4, -0.2) is 26.1 Å². The van der Waals surface area contributed by atoms with Gasteiger partial charge in [0, 0.05) is 24.9 Å². The maximum absolute atomic E-state index is 11.0. The van der Waals surface area contributed by atoms with E-state index in [1.807, 2.05) is 30.5 Å². The summed E-state index contributed by atoms with van der Waals surface area (Å²) in [5, 5.41) is 8.49. The minimum absolute atomic E-state index is 0.312. The van der Waals surface area contributed by atoms with Gasteiger partial charge in [0.25, 0.3) is 5.91 Å². The summed E-state index contributed by atoms with van der Waals surface area (Å²) in [5.74, 6) is 0.660. The molecule has 3 N–H and O–H groups in total. The number of benzene rings is 1. The van der Waals surface area contributed by atoms with Gasteiger partial charge in [-0.15, -0.1) is 0 Å². The van der Waals surface area contributed by atoms with E-state index in [1.165, 1.54) is 11.6 Å². The number of nitrogens with zero attached hydrogens (tertiary/aromatic N) is 2. The van der Waals surface area contributed by atoms with Crippen LogP contribution in [0, 0.1) is 0 Å². The van der Waals surface area contributed by atoms with Crippen molar-refractivity contribution in [1.82, 2.24) is 20.4 Å². The largest absolute Gasteiger partial charge is 0.342 e. The van der Waals surface area contributed by atoms with Crippen LogP contribution in [0.2, 0.25) is 0 Å². The van der Waals surface area contributed by atoms with Gasteiger partial charge >= 0.3 is 0 Å². The Morgan fingerprint density at radius 1 is 1.42 bits per heavy atom. The zero-order valence-electron chi connectivity index (χ0n) is 13.2. The number of nitrogens with one attached hydrogen (secondary N) is 2. The summed E-state index contributed by atoms with van der Waals surface area (Å²) in [7, 11) is 0. The predicted molar refractivity (Wildman–Crippen MR) is 91.4 cm³/mol. The lowest BCUT2D eigenvalue weighted by molar-refractivity contribution is -0.124. The summed E-state index contributed by atoms with van der Waals surface area (Å²) in [6.45, 7) is 2.14. The molecule has 1 amide bonds. The number of hydroxylamine groups is 1. The van der Waals surface area contributed by atoms with Crippen molar-refractivity contribution in [2.75, 3.05) is 0 Å². The van der Waals surface area contributed by atoms with Crippen molar-refractivity contribution in [3.63, 3.8) is 0 Å². The first kappa shape index (κ1) is 15.9. The van der Waals surface area contributed by atoms with Crippen molar-refractivity contribution < 1.29 is 10.0 Å². The van der Waals surface area contributed by atoms with E-state index in [9.17, 15) is 4.79 Å². The molecule has 122 valence electrons. The third-order valence-corrected chi connectivity index (χ3v) is 3.85. The van der Waals surface area contributed by atoms with Gasteiger partial charge in [-0.2, -0.15) is 0 Å². The molecule has 1 atom stereocenters. The minimum Gasteiger partial charge on any atom is -0.342 e. The van der Waals surface area contributed by atoms with Crippen molar-refractivity contribution in [2.24, 2.45) is 0 Å². The Morgan fingerprint density at radius 2 is 2.29 bits per heavy atom. The maximum atomic E-state index is 11.0. The molecule has 0 aliphatic rings. The highest BCUT2D eigenvalue weighted by atomic mass is 16.5. The standard InChI is InChI=1S/C18H18N4O2/c1-12(14-3-2-8-19-11-14)9-17-20-15-6-4-13(10-16(15)21-17)5-7-18(23)22-24/h2-8,10-12,24H,9H2,1H3,(H,20,21)(H,22,23)/b7-5+. The summed E-state index contributed by atoms with van der Waals surface area (Å²) in [4.78, 5) is 23.1. The van der Waals surface area contributed by atoms with E-state index in [0.29, 0.717) is 5.92 Å². The molecule has 3 rings (SSSR count). The molecule has 1 unspecified atom stereocenters. The molecule has 0 aliphatic carbocycles. The van der Waals surface area contributed by atoms with E-state index >= 15 is 0 Å². The number of pyridine rings is 1. The predicted octanol–water partition coefficient (Wildman–Crippen LogP) is 2.82. The van der Waals surface area contributed by atoms with Crippen molar-refractivity contribution in [1.29, 1.82) is 0 Å². The Balaban J connectivity index is 1.78. The average molecular weight is 322 g/mol. The molecule has 0 saturated carbocycles. The zero-order valence-corrected chi connectivity index (χ0v) is 13.2. The van der Waals surface area contributed by atoms with Crippen LogP contribution >= 0.6 is 0 Å². The van der Waals surface area contributed by atoms with Crippen molar-refractivity contribution in [3.8, 4) is 0 Å². The molecule has 0 spiro atoms. The second-order valence-electron chi connectivity index (χ2n) is 5.66. The van der Waals surface area contributed by atoms with Crippen molar-refractivity contribution in [3.05, 3.63) is 65.8 Å². The summed E-state index contributed by atoms with van der Waals surface area (Å²) in [6, 6.07) is 9.70. The number of H-pyrrole nitrogens is 1. The molecule has 0 radical (unpaired) electrons. The highest BCUT2D eigenvalue weighted by Crippen LogP contribution is 2.21. The summed E-state index contributed by atoms with van der Waals surface area (Å²) < 4.78 is 0. The fraction of sp³-hybridized carbons (Fsp3) is 0.167. The van der Waals surface area contributed by atoms with Crippen LogP contribution in [0.15, 0.2) is 48.8 Å². The highest BCUT2D eigenvalue weighted by molar-refractivity contribution is 5.91. The van der Waals surface area contributed by atoms with E-state index in [4.69, 9.17) is 5.21 Å². The van der Waals surface area contributed by atoms with Crippen LogP contribution in [-0.2, 0) is 11.2 Å². The Hall–Kier alpha value is -2.99. The molecule has 0 saturated heterocycles. The van der Waals surface area contributed by atoms with Gasteiger partial charge < -0.3 is 4.98 Å². The maximum Gasteiger partial charge on any atom is 0.267 e. The normalized spacial score (nSPS) is 12.6. The highest BCUT2D eigenvalue weighted by Gasteiger charge is 2.10. The molecular formula is C18H18N4O2. The number of aromatic amines is 1. The third-order valence-electron chi connectivity index (χ3n) is 3.85. The molecule has 2 aromatic heterocycles. The summed E-state index contributed by atoms with van der Waals surface area (Å²) in [5.41, 5.74) is 5.38. The Bertz CT molecular complexity index is 871. The van der Waals surface area contributed by atoms with E-state index in [1.54, 1.807) is 17.8 Å². The number of amides is 1. The van der Waals surface area contributed by atoms with E-state index in [-0.39, 0.29) is 0 Å². The number of hydrogen-bond acceptors (Lipinski definition) is 4. The first-order valence-corrected chi connectivity index (χ1v) is 7.66. The first-order valence-electron chi connectivity index (χ1n) is 7.66. The minimum atomic E-state index is -0.564. The van der Waals surface area contributed by atoms with Crippen LogP contribution in [0.25, 0.3) is 17.1 Å². The molecule has 24 heavy (non-hydrogen) atoms. The van der Waals surface area contributed by atoms with Gasteiger partial charge in [0.1, 0.15) is 5.82 Å². The van der Waals surface area contributed by atoms with Gasteiger partial charge in [0.05, 0.1) is 11.0 Å². The van der Waals surface area contributed by atoms with Crippen LogP contribution in [0.3, 0.4) is 0 Å². The number of hydrogen-bond donors (Lipinski definition) is 3. The fourth-order valence-corrected chi connectivity index (χ4v) is 2.56. The third kappa shape index (κ3) is 3.67. The number of carbonyl (C=O) groups is 1. The Kier molecular flexibility index (Phi) is 4.67. The van der Waals surface area contributed by atoms with Gasteiger partial charge in [-0.05, 0) is 41.3 Å². The van der Waals surface area contributed by atoms with Crippen LogP contribution < -0.4 is 5.48 Å². The van der Waals surface area contributed by atoms with Crippen LogP contribution in [0.4, 0.5) is 0 Å². The lowest BCUT2D eigenvalue weighted by atomic mass is 9.99. The number of aromatic nitrogens is 3. The zero-order chi connectivity index (χ0) is 16.9. The summed E-state index contributed by atoms with van der Waals surface area (Å²) in [6.07, 6.45) is 7.33. The molecular weight excluding hydrogens is 304 g/mol. The van der Waals surface area contributed by atoms with Crippen molar-refractivity contribution >= 4 is 23.0 Å². The SMILES string of the molecule is CC(Cc1nc2ccc(/C=C/C(=O)NO)cc2[nH]1)c1cccnc1. The van der Waals surface area contributed by atoms with E-state index in [0.717, 1.165) is 28.8 Å². The van der Waals surface area contributed by atoms with Crippen molar-refractivity contribution in [2.45, 2.75) is 19.3 Å². The van der Waals surface area contributed by atoms with Gasteiger partial charge in [-0.25, -0.2) is 10.5 Å². The Morgan fingerprint density at radius 3 is 3.04 bits per heavy atom. The molecule has 0 fully saturated rings. The number of rotatable bonds is 5. The smallest absolute Gasteiger partial charge is 0.267 e.